The van der Waals surface area contributed by atoms with E-state index >= 15 is 0 Å². The average molecular weight is 193 g/mol. The van der Waals surface area contributed by atoms with Crippen LogP contribution in [-0.2, 0) is 0 Å². The van der Waals surface area contributed by atoms with E-state index in [9.17, 15) is 5.11 Å². The third-order valence-electron chi connectivity index (χ3n) is 2.66. The van der Waals surface area contributed by atoms with Gasteiger partial charge in [0.05, 0.1) is 0 Å². The molecule has 1 aromatic rings. The number of hydrogen-bond donors (Lipinski definition) is 2. The van der Waals surface area contributed by atoms with Crippen LogP contribution >= 0.6 is 0 Å². The van der Waals surface area contributed by atoms with Crippen molar-refractivity contribution in [3.05, 3.63) is 28.8 Å². The number of benzene rings is 1. The van der Waals surface area contributed by atoms with Crippen LogP contribution in [0.1, 0.15) is 36.6 Å². The number of hydrogen-bond acceptors (Lipinski definition) is 2. The van der Waals surface area contributed by atoms with Gasteiger partial charge in [-0.3, -0.25) is 0 Å². The SMILES string of the molecule is Cc1cc(C(N)C(C)C)c(C)cc1O. The van der Waals surface area contributed by atoms with Gasteiger partial charge in [-0.05, 0) is 42.5 Å². The first-order valence-corrected chi connectivity index (χ1v) is 4.99. The van der Waals surface area contributed by atoms with Gasteiger partial charge in [-0.15, -0.1) is 0 Å². The number of rotatable bonds is 2. The van der Waals surface area contributed by atoms with E-state index in [0.29, 0.717) is 11.7 Å². The summed E-state index contributed by atoms with van der Waals surface area (Å²) in [7, 11) is 0. The maximum Gasteiger partial charge on any atom is 0.118 e. The Labute approximate surface area is 85.8 Å². The van der Waals surface area contributed by atoms with Crippen LogP contribution in [0.4, 0.5) is 0 Å². The molecule has 14 heavy (non-hydrogen) atoms. The van der Waals surface area contributed by atoms with Crippen molar-refractivity contribution in [3.63, 3.8) is 0 Å². The average Bonchev–Trinajstić information content (AvgIpc) is 2.10. The molecule has 2 heteroatoms. The summed E-state index contributed by atoms with van der Waals surface area (Å²) in [6.45, 7) is 8.08. The summed E-state index contributed by atoms with van der Waals surface area (Å²) in [5.74, 6) is 0.764. The quantitative estimate of drug-likeness (QED) is 0.758. The van der Waals surface area contributed by atoms with E-state index in [0.717, 1.165) is 16.7 Å². The van der Waals surface area contributed by atoms with Crippen LogP contribution in [0.25, 0.3) is 0 Å². The van der Waals surface area contributed by atoms with Gasteiger partial charge in [-0.25, -0.2) is 0 Å². The van der Waals surface area contributed by atoms with Crippen molar-refractivity contribution in [1.82, 2.24) is 0 Å². The molecule has 0 aromatic heterocycles. The zero-order valence-electron chi connectivity index (χ0n) is 9.33. The van der Waals surface area contributed by atoms with Gasteiger partial charge >= 0.3 is 0 Å². The molecule has 78 valence electrons. The van der Waals surface area contributed by atoms with Gasteiger partial charge in [0.2, 0.25) is 0 Å². The normalized spacial score (nSPS) is 13.3. The highest BCUT2D eigenvalue weighted by Gasteiger charge is 2.14. The Balaban J connectivity index is 3.15. The Morgan fingerprint density at radius 1 is 1.14 bits per heavy atom. The lowest BCUT2D eigenvalue weighted by Gasteiger charge is -2.19. The van der Waals surface area contributed by atoms with Crippen molar-refractivity contribution in [2.24, 2.45) is 11.7 Å². The van der Waals surface area contributed by atoms with E-state index in [-0.39, 0.29) is 6.04 Å². The van der Waals surface area contributed by atoms with E-state index in [1.807, 2.05) is 19.9 Å². The van der Waals surface area contributed by atoms with Crippen molar-refractivity contribution in [2.75, 3.05) is 0 Å². The maximum atomic E-state index is 9.50. The van der Waals surface area contributed by atoms with Crippen molar-refractivity contribution in [2.45, 2.75) is 33.7 Å². The summed E-state index contributed by atoms with van der Waals surface area (Å²) in [5.41, 5.74) is 9.17. The van der Waals surface area contributed by atoms with Crippen LogP contribution < -0.4 is 5.73 Å². The highest BCUT2D eigenvalue weighted by Crippen LogP contribution is 2.27. The molecule has 0 aliphatic rings. The number of phenolic OH excluding ortho intramolecular Hbond substituents is 1. The predicted octanol–water partition coefficient (Wildman–Crippen LogP) is 2.66. The topological polar surface area (TPSA) is 46.2 Å². The van der Waals surface area contributed by atoms with Gasteiger partial charge in [0.1, 0.15) is 5.75 Å². The standard InChI is InChI=1S/C12H19NO/c1-7(2)12(13)10-5-9(4)11(14)6-8(10)3/h5-7,12,14H,13H2,1-4H3. The lowest BCUT2D eigenvalue weighted by Crippen LogP contribution is -2.17. The minimum absolute atomic E-state index is 0.0503. The second kappa shape index (κ2) is 4.01. The third-order valence-corrected chi connectivity index (χ3v) is 2.66. The van der Waals surface area contributed by atoms with E-state index in [2.05, 4.69) is 13.8 Å². The first-order chi connectivity index (χ1) is 6.43. The van der Waals surface area contributed by atoms with Crippen molar-refractivity contribution >= 4 is 0 Å². The van der Waals surface area contributed by atoms with Crippen LogP contribution in [0.5, 0.6) is 5.75 Å². The van der Waals surface area contributed by atoms with Gasteiger partial charge in [-0.1, -0.05) is 19.9 Å². The van der Waals surface area contributed by atoms with Gasteiger partial charge in [0.25, 0.3) is 0 Å². The number of aromatic hydroxyl groups is 1. The van der Waals surface area contributed by atoms with Gasteiger partial charge in [0.15, 0.2) is 0 Å². The Bertz CT molecular complexity index is 331. The highest BCUT2D eigenvalue weighted by molar-refractivity contribution is 5.42. The Morgan fingerprint density at radius 2 is 1.71 bits per heavy atom. The number of phenols is 1. The zero-order chi connectivity index (χ0) is 10.9. The van der Waals surface area contributed by atoms with Crippen LogP contribution in [0.3, 0.4) is 0 Å². The molecule has 1 unspecified atom stereocenters. The molecular weight excluding hydrogens is 174 g/mol. The molecule has 1 rings (SSSR count). The zero-order valence-corrected chi connectivity index (χ0v) is 9.33. The molecule has 1 aromatic carbocycles. The molecule has 1 atom stereocenters. The second-order valence-corrected chi connectivity index (χ2v) is 4.27. The maximum absolute atomic E-state index is 9.50. The van der Waals surface area contributed by atoms with Gasteiger partial charge in [0, 0.05) is 6.04 Å². The Morgan fingerprint density at radius 3 is 2.21 bits per heavy atom. The largest absolute Gasteiger partial charge is 0.508 e. The molecule has 0 bridgehead atoms. The molecule has 0 amide bonds. The van der Waals surface area contributed by atoms with Crippen LogP contribution in [-0.4, -0.2) is 5.11 Å². The Kier molecular flexibility index (Phi) is 3.17. The first kappa shape index (κ1) is 11.1. The van der Waals surface area contributed by atoms with Crippen molar-refractivity contribution in [1.29, 1.82) is 0 Å². The summed E-state index contributed by atoms with van der Waals surface area (Å²) < 4.78 is 0. The molecule has 0 spiro atoms. The van der Waals surface area contributed by atoms with E-state index in [4.69, 9.17) is 5.73 Å². The van der Waals surface area contributed by atoms with Crippen LogP contribution in [0, 0.1) is 19.8 Å². The predicted molar refractivity (Wildman–Crippen MR) is 59.3 cm³/mol. The molecule has 0 heterocycles. The molecule has 0 aliphatic carbocycles. The van der Waals surface area contributed by atoms with E-state index in [1.54, 1.807) is 6.07 Å². The summed E-state index contributed by atoms with van der Waals surface area (Å²) in [6.07, 6.45) is 0. The van der Waals surface area contributed by atoms with Crippen molar-refractivity contribution in [3.8, 4) is 5.75 Å². The summed E-state index contributed by atoms with van der Waals surface area (Å²) in [6, 6.07) is 3.82. The highest BCUT2D eigenvalue weighted by atomic mass is 16.3. The van der Waals surface area contributed by atoms with Crippen molar-refractivity contribution < 1.29 is 5.11 Å². The van der Waals surface area contributed by atoms with Crippen LogP contribution in [0.15, 0.2) is 12.1 Å². The molecule has 0 saturated heterocycles. The lowest BCUT2D eigenvalue weighted by atomic mass is 9.92. The van der Waals surface area contributed by atoms with E-state index < -0.39 is 0 Å². The van der Waals surface area contributed by atoms with Crippen LogP contribution in [0.2, 0.25) is 0 Å². The molecule has 0 radical (unpaired) electrons. The fraction of sp³-hybridized carbons (Fsp3) is 0.500. The molecular formula is C12H19NO. The fourth-order valence-electron chi connectivity index (χ4n) is 1.54. The van der Waals surface area contributed by atoms with Gasteiger partial charge < -0.3 is 10.8 Å². The minimum Gasteiger partial charge on any atom is -0.508 e. The molecule has 3 N–H and O–H groups in total. The lowest BCUT2D eigenvalue weighted by molar-refractivity contribution is 0.467. The summed E-state index contributed by atoms with van der Waals surface area (Å²) >= 11 is 0. The number of nitrogens with two attached hydrogens (primary N) is 1. The summed E-state index contributed by atoms with van der Waals surface area (Å²) in [4.78, 5) is 0. The third kappa shape index (κ3) is 2.07. The smallest absolute Gasteiger partial charge is 0.118 e. The minimum atomic E-state index is 0.0503. The second-order valence-electron chi connectivity index (χ2n) is 4.27. The summed E-state index contributed by atoms with van der Waals surface area (Å²) in [5, 5.41) is 9.50. The van der Waals surface area contributed by atoms with Gasteiger partial charge in [-0.2, -0.15) is 0 Å². The molecule has 0 aliphatic heterocycles. The Hall–Kier alpha value is -1.02. The first-order valence-electron chi connectivity index (χ1n) is 4.99. The fourth-order valence-corrected chi connectivity index (χ4v) is 1.54. The molecule has 0 saturated carbocycles. The monoisotopic (exact) mass is 193 g/mol. The number of aryl methyl sites for hydroxylation is 2. The molecule has 0 fully saturated rings. The molecule has 2 nitrogen and oxygen atoms in total. The van der Waals surface area contributed by atoms with E-state index in [1.165, 1.54) is 0 Å².